The summed E-state index contributed by atoms with van der Waals surface area (Å²) in [5.41, 5.74) is 1.24. The Labute approximate surface area is 140 Å². The fourth-order valence-electron chi connectivity index (χ4n) is 2.18. The van der Waals surface area contributed by atoms with Gasteiger partial charge in [0, 0.05) is 21.1 Å². The zero-order valence-corrected chi connectivity index (χ0v) is 13.9. The van der Waals surface area contributed by atoms with Crippen LogP contribution in [-0.2, 0) is 0 Å². The van der Waals surface area contributed by atoms with Crippen LogP contribution >= 0.6 is 39.1 Å². The Morgan fingerprint density at radius 1 is 1.00 bits per heavy atom. The van der Waals surface area contributed by atoms with Crippen molar-refractivity contribution in [2.45, 2.75) is 6.10 Å². The highest BCUT2D eigenvalue weighted by Gasteiger charge is 2.21. The van der Waals surface area contributed by atoms with Crippen molar-refractivity contribution in [2.75, 3.05) is 13.2 Å². The van der Waals surface area contributed by atoms with E-state index in [1.54, 1.807) is 30.3 Å². The largest absolute Gasteiger partial charge is 0.486 e. The maximum absolute atomic E-state index is 10.6. The second-order valence-corrected chi connectivity index (χ2v) is 6.28. The van der Waals surface area contributed by atoms with E-state index in [1.807, 2.05) is 0 Å². The van der Waals surface area contributed by atoms with Crippen LogP contribution in [0.25, 0.3) is 0 Å². The summed E-state index contributed by atoms with van der Waals surface area (Å²) in [4.78, 5) is 0. The number of fused-ring (bicyclic) bond motifs is 1. The van der Waals surface area contributed by atoms with Crippen molar-refractivity contribution in [2.24, 2.45) is 0 Å². The predicted molar refractivity (Wildman–Crippen MR) is 85.7 cm³/mol. The van der Waals surface area contributed by atoms with Crippen LogP contribution in [0.4, 0.5) is 0 Å². The van der Waals surface area contributed by atoms with Gasteiger partial charge in [0.1, 0.15) is 19.3 Å². The Hall–Kier alpha value is -0.940. The molecule has 0 spiro atoms. The Kier molecular flexibility index (Phi) is 4.31. The number of ether oxygens (including phenoxy) is 2. The van der Waals surface area contributed by atoms with Crippen LogP contribution in [0, 0.1) is 0 Å². The molecule has 1 unspecified atom stereocenters. The van der Waals surface area contributed by atoms with E-state index in [0.29, 0.717) is 50.4 Å². The van der Waals surface area contributed by atoms with Crippen molar-refractivity contribution >= 4 is 39.1 Å². The summed E-state index contributed by atoms with van der Waals surface area (Å²) in [6.07, 6.45) is -0.889. The van der Waals surface area contributed by atoms with Gasteiger partial charge in [-0.25, -0.2) is 0 Å². The van der Waals surface area contributed by atoms with E-state index in [2.05, 4.69) is 15.9 Å². The van der Waals surface area contributed by atoms with Crippen LogP contribution in [0.2, 0.25) is 10.0 Å². The van der Waals surface area contributed by atoms with Gasteiger partial charge in [-0.3, -0.25) is 0 Å². The molecule has 0 radical (unpaired) electrons. The first-order chi connectivity index (χ1) is 10.1. The van der Waals surface area contributed by atoms with E-state index >= 15 is 0 Å². The van der Waals surface area contributed by atoms with Crippen LogP contribution in [-0.4, -0.2) is 18.3 Å². The monoisotopic (exact) mass is 388 g/mol. The number of halogens is 3. The normalized spacial score (nSPS) is 14.9. The van der Waals surface area contributed by atoms with Gasteiger partial charge in [0.25, 0.3) is 0 Å². The zero-order chi connectivity index (χ0) is 15.0. The molecule has 0 bridgehead atoms. The minimum Gasteiger partial charge on any atom is -0.486 e. The number of rotatable bonds is 2. The molecular formula is C15H11BrCl2O3. The first kappa shape index (κ1) is 15.0. The minimum atomic E-state index is -0.889. The maximum atomic E-state index is 10.6. The lowest BCUT2D eigenvalue weighted by molar-refractivity contribution is 0.169. The Morgan fingerprint density at radius 2 is 1.67 bits per heavy atom. The van der Waals surface area contributed by atoms with Crippen LogP contribution in [0.15, 0.2) is 34.8 Å². The molecule has 2 aromatic carbocycles. The first-order valence-electron chi connectivity index (χ1n) is 6.28. The third-order valence-electron chi connectivity index (χ3n) is 3.21. The van der Waals surface area contributed by atoms with E-state index in [0.717, 1.165) is 0 Å². The highest BCUT2D eigenvalue weighted by atomic mass is 79.9. The average Bonchev–Trinajstić information content (AvgIpc) is 2.46. The summed E-state index contributed by atoms with van der Waals surface area (Å²) in [5.74, 6) is 1.18. The minimum absolute atomic E-state index is 0.425. The predicted octanol–water partition coefficient (Wildman–Crippen LogP) is 4.61. The molecule has 2 aromatic rings. The molecule has 21 heavy (non-hydrogen) atoms. The molecule has 0 fully saturated rings. The van der Waals surface area contributed by atoms with Gasteiger partial charge in [0.2, 0.25) is 0 Å². The first-order valence-corrected chi connectivity index (χ1v) is 7.83. The number of aliphatic hydroxyl groups excluding tert-OH is 1. The molecule has 1 aliphatic heterocycles. The lowest BCUT2D eigenvalue weighted by atomic mass is 10.0. The lowest BCUT2D eigenvalue weighted by Gasteiger charge is -2.22. The molecule has 1 heterocycles. The van der Waals surface area contributed by atoms with Crippen molar-refractivity contribution in [1.29, 1.82) is 0 Å². The molecule has 1 aliphatic rings. The van der Waals surface area contributed by atoms with Crippen LogP contribution < -0.4 is 9.47 Å². The zero-order valence-electron chi connectivity index (χ0n) is 10.8. The van der Waals surface area contributed by atoms with Crippen molar-refractivity contribution in [3.63, 3.8) is 0 Å². The Bertz CT molecular complexity index is 691. The molecular weight excluding hydrogens is 379 g/mol. The van der Waals surface area contributed by atoms with Crippen molar-refractivity contribution in [3.05, 3.63) is 56.0 Å². The SMILES string of the molecule is OC(c1cc2c(cc1Cl)OCCO2)c1ccc(Cl)cc1Br. The lowest BCUT2D eigenvalue weighted by Crippen LogP contribution is -2.16. The summed E-state index contributed by atoms with van der Waals surface area (Å²) in [5, 5.41) is 11.6. The number of hydrogen-bond donors (Lipinski definition) is 1. The van der Waals surface area contributed by atoms with Crippen molar-refractivity contribution < 1.29 is 14.6 Å². The summed E-state index contributed by atoms with van der Waals surface area (Å²) in [6.45, 7) is 0.975. The molecule has 0 saturated heterocycles. The van der Waals surface area contributed by atoms with Gasteiger partial charge in [-0.05, 0) is 23.8 Å². The van der Waals surface area contributed by atoms with Crippen LogP contribution in [0.5, 0.6) is 11.5 Å². The molecule has 110 valence electrons. The van der Waals surface area contributed by atoms with Gasteiger partial charge in [0.05, 0.1) is 5.02 Å². The molecule has 3 rings (SSSR count). The van der Waals surface area contributed by atoms with Gasteiger partial charge < -0.3 is 14.6 Å². The quantitative estimate of drug-likeness (QED) is 0.815. The number of hydrogen-bond acceptors (Lipinski definition) is 3. The van der Waals surface area contributed by atoms with Gasteiger partial charge in [-0.2, -0.15) is 0 Å². The molecule has 0 aromatic heterocycles. The molecule has 6 heteroatoms. The van der Waals surface area contributed by atoms with Gasteiger partial charge in [0.15, 0.2) is 11.5 Å². The third kappa shape index (κ3) is 2.99. The summed E-state index contributed by atoms with van der Waals surface area (Å²) in [7, 11) is 0. The maximum Gasteiger partial charge on any atom is 0.162 e. The summed E-state index contributed by atoms with van der Waals surface area (Å²) < 4.78 is 11.7. The molecule has 0 amide bonds. The highest BCUT2D eigenvalue weighted by molar-refractivity contribution is 9.10. The Morgan fingerprint density at radius 3 is 2.33 bits per heavy atom. The fraction of sp³-hybridized carbons (Fsp3) is 0.200. The van der Waals surface area contributed by atoms with Gasteiger partial charge >= 0.3 is 0 Å². The fourth-order valence-corrected chi connectivity index (χ4v) is 3.34. The molecule has 3 nitrogen and oxygen atoms in total. The van der Waals surface area contributed by atoms with Crippen molar-refractivity contribution in [3.8, 4) is 11.5 Å². The van der Waals surface area contributed by atoms with Crippen LogP contribution in [0.3, 0.4) is 0 Å². The van der Waals surface area contributed by atoms with Crippen molar-refractivity contribution in [1.82, 2.24) is 0 Å². The van der Waals surface area contributed by atoms with E-state index in [4.69, 9.17) is 32.7 Å². The average molecular weight is 390 g/mol. The Balaban J connectivity index is 2.03. The second-order valence-electron chi connectivity index (χ2n) is 4.59. The molecule has 1 N–H and O–H groups in total. The molecule has 1 atom stereocenters. The number of benzene rings is 2. The van der Waals surface area contributed by atoms with Gasteiger partial charge in [-0.15, -0.1) is 0 Å². The van der Waals surface area contributed by atoms with Gasteiger partial charge in [-0.1, -0.05) is 45.2 Å². The van der Waals surface area contributed by atoms with E-state index in [9.17, 15) is 5.11 Å². The second kappa shape index (κ2) is 6.05. The standard InChI is InChI=1S/C15H11BrCl2O3/c16-11-5-8(17)1-2-9(11)15(19)10-6-13-14(7-12(10)18)21-4-3-20-13/h1-2,5-7,15,19H,3-4H2. The van der Waals surface area contributed by atoms with E-state index in [1.165, 1.54) is 0 Å². The molecule has 0 aliphatic carbocycles. The topological polar surface area (TPSA) is 38.7 Å². The highest BCUT2D eigenvalue weighted by Crippen LogP contribution is 2.40. The molecule has 0 saturated carbocycles. The smallest absolute Gasteiger partial charge is 0.162 e. The van der Waals surface area contributed by atoms with E-state index < -0.39 is 6.10 Å². The number of aliphatic hydroxyl groups is 1. The van der Waals surface area contributed by atoms with E-state index in [-0.39, 0.29) is 0 Å². The summed E-state index contributed by atoms with van der Waals surface area (Å²) >= 11 is 15.6. The van der Waals surface area contributed by atoms with Crippen LogP contribution in [0.1, 0.15) is 17.2 Å². The summed E-state index contributed by atoms with van der Waals surface area (Å²) in [6, 6.07) is 8.58. The third-order valence-corrected chi connectivity index (χ3v) is 4.46.